The number of anilines is 2. The van der Waals surface area contributed by atoms with Gasteiger partial charge in [0.1, 0.15) is 5.82 Å². The van der Waals surface area contributed by atoms with E-state index in [0.29, 0.717) is 11.5 Å². The molecular formula is C22H23ClN8. The predicted molar refractivity (Wildman–Crippen MR) is 118 cm³/mol. The molecule has 31 heavy (non-hydrogen) atoms. The van der Waals surface area contributed by atoms with E-state index in [1.807, 2.05) is 12.3 Å². The van der Waals surface area contributed by atoms with Crippen LogP contribution in [-0.4, -0.2) is 61.9 Å². The van der Waals surface area contributed by atoms with Crippen molar-refractivity contribution in [3.8, 4) is 5.69 Å². The first-order valence-corrected chi connectivity index (χ1v) is 11.3. The van der Waals surface area contributed by atoms with Gasteiger partial charge in [-0.3, -0.25) is 14.5 Å². The summed E-state index contributed by atoms with van der Waals surface area (Å²) in [7, 11) is 0. The summed E-state index contributed by atoms with van der Waals surface area (Å²) in [6, 6.07) is 6.86. The van der Waals surface area contributed by atoms with Crippen LogP contribution in [-0.2, 0) is 13.1 Å². The van der Waals surface area contributed by atoms with Crippen LogP contribution in [0.5, 0.6) is 0 Å². The van der Waals surface area contributed by atoms with Crippen molar-refractivity contribution in [2.24, 2.45) is 5.41 Å². The van der Waals surface area contributed by atoms with Crippen molar-refractivity contribution in [3.63, 3.8) is 0 Å². The van der Waals surface area contributed by atoms with Gasteiger partial charge in [-0.25, -0.2) is 4.98 Å². The average Bonchev–Trinajstić information content (AvgIpc) is 3.50. The van der Waals surface area contributed by atoms with Crippen molar-refractivity contribution >= 4 is 23.4 Å². The molecule has 3 aromatic rings. The van der Waals surface area contributed by atoms with E-state index in [0.717, 1.165) is 61.9 Å². The van der Waals surface area contributed by atoms with E-state index in [1.165, 1.54) is 24.1 Å². The van der Waals surface area contributed by atoms with Crippen molar-refractivity contribution in [2.75, 3.05) is 36.0 Å². The third kappa shape index (κ3) is 2.85. The second-order valence-corrected chi connectivity index (χ2v) is 9.87. The molecule has 1 spiro atoms. The molecule has 0 N–H and O–H groups in total. The van der Waals surface area contributed by atoms with Crippen LogP contribution in [0.4, 0.5) is 11.8 Å². The molecule has 1 saturated carbocycles. The van der Waals surface area contributed by atoms with Crippen molar-refractivity contribution in [1.29, 1.82) is 0 Å². The highest BCUT2D eigenvalue weighted by atomic mass is 35.5. The molecule has 3 aliphatic heterocycles. The Balaban J connectivity index is 1.16. The van der Waals surface area contributed by atoms with E-state index in [4.69, 9.17) is 11.6 Å². The summed E-state index contributed by atoms with van der Waals surface area (Å²) in [6.07, 6.45) is 7.86. The van der Waals surface area contributed by atoms with E-state index in [2.05, 4.69) is 51.6 Å². The van der Waals surface area contributed by atoms with Gasteiger partial charge in [-0.1, -0.05) is 11.6 Å². The van der Waals surface area contributed by atoms with E-state index >= 15 is 0 Å². The first-order valence-electron chi connectivity index (χ1n) is 10.9. The summed E-state index contributed by atoms with van der Waals surface area (Å²) in [5.74, 6) is 2.95. The van der Waals surface area contributed by atoms with Crippen LogP contribution in [0, 0.1) is 5.41 Å². The zero-order chi connectivity index (χ0) is 20.6. The van der Waals surface area contributed by atoms with Crippen LogP contribution in [0.15, 0.2) is 36.8 Å². The van der Waals surface area contributed by atoms with Gasteiger partial charge in [0.05, 0.1) is 18.4 Å². The maximum atomic E-state index is 6.36. The molecule has 5 heterocycles. The molecule has 9 heteroatoms. The number of fused-ring (bicyclic) bond motifs is 3. The lowest BCUT2D eigenvalue weighted by Crippen LogP contribution is -2.73. The van der Waals surface area contributed by atoms with Gasteiger partial charge in [0.2, 0.25) is 5.95 Å². The third-order valence-electron chi connectivity index (χ3n) is 7.04. The van der Waals surface area contributed by atoms with Gasteiger partial charge in [0.15, 0.2) is 5.82 Å². The molecule has 3 fully saturated rings. The number of rotatable bonds is 3. The Morgan fingerprint density at radius 2 is 1.81 bits per heavy atom. The number of nitrogens with zero attached hydrogens (tertiary/aromatic N) is 8. The number of hydrogen-bond donors (Lipinski definition) is 0. The first-order chi connectivity index (χ1) is 15.2. The quantitative estimate of drug-likeness (QED) is 0.627. The Kier molecular flexibility index (Phi) is 3.70. The van der Waals surface area contributed by atoms with Crippen LogP contribution in [0.1, 0.15) is 24.2 Å². The first kappa shape index (κ1) is 17.9. The standard InChI is InChI=1S/C22H23ClN8/c23-16-1-4-18-15(7-16)9-28(17-2-3-17)10-20-26-27-21(31(18)20)30-13-22(14-30)11-29(12-22)19-8-24-5-6-25-19/h1,4-8,17H,2-3,9-14H2. The molecule has 0 atom stereocenters. The van der Waals surface area contributed by atoms with Crippen molar-refractivity contribution < 1.29 is 0 Å². The summed E-state index contributed by atoms with van der Waals surface area (Å²) >= 11 is 6.36. The normalized spacial score (nSPS) is 21.8. The maximum Gasteiger partial charge on any atom is 0.231 e. The fourth-order valence-corrected chi connectivity index (χ4v) is 5.59. The minimum atomic E-state index is 0.317. The summed E-state index contributed by atoms with van der Waals surface area (Å²) in [4.78, 5) is 15.8. The van der Waals surface area contributed by atoms with E-state index < -0.39 is 0 Å². The van der Waals surface area contributed by atoms with Gasteiger partial charge < -0.3 is 9.80 Å². The topological polar surface area (TPSA) is 66.2 Å². The predicted octanol–water partition coefficient (Wildman–Crippen LogP) is 2.52. The van der Waals surface area contributed by atoms with Crippen LogP contribution < -0.4 is 9.80 Å². The van der Waals surface area contributed by atoms with Crippen molar-refractivity contribution in [1.82, 2.24) is 29.6 Å². The van der Waals surface area contributed by atoms with Crippen LogP contribution in [0.2, 0.25) is 5.02 Å². The Morgan fingerprint density at radius 3 is 2.58 bits per heavy atom. The molecule has 158 valence electrons. The van der Waals surface area contributed by atoms with E-state index in [9.17, 15) is 0 Å². The van der Waals surface area contributed by atoms with E-state index in [-0.39, 0.29) is 0 Å². The molecule has 8 nitrogen and oxygen atoms in total. The number of hydrogen-bond acceptors (Lipinski definition) is 7. The second-order valence-electron chi connectivity index (χ2n) is 9.44. The lowest BCUT2D eigenvalue weighted by atomic mass is 9.73. The van der Waals surface area contributed by atoms with Gasteiger partial charge in [-0.05, 0) is 36.6 Å². The Hall–Kier alpha value is -2.71. The number of halogens is 1. The second kappa shape index (κ2) is 6.40. The van der Waals surface area contributed by atoms with Gasteiger partial charge in [-0.2, -0.15) is 0 Å². The fraction of sp³-hybridized carbons (Fsp3) is 0.455. The summed E-state index contributed by atoms with van der Waals surface area (Å²) in [5.41, 5.74) is 2.74. The number of benzene rings is 1. The lowest BCUT2D eigenvalue weighted by Gasteiger charge is -2.60. The highest BCUT2D eigenvalue weighted by Gasteiger charge is 2.53. The number of aromatic nitrogens is 5. The molecule has 1 aliphatic carbocycles. The fourth-order valence-electron chi connectivity index (χ4n) is 5.40. The molecule has 0 bridgehead atoms. The largest absolute Gasteiger partial charge is 0.354 e. The Labute approximate surface area is 185 Å². The molecule has 0 unspecified atom stereocenters. The highest BCUT2D eigenvalue weighted by molar-refractivity contribution is 6.30. The zero-order valence-electron chi connectivity index (χ0n) is 17.2. The Morgan fingerprint density at radius 1 is 0.968 bits per heavy atom. The molecular weight excluding hydrogens is 412 g/mol. The van der Waals surface area contributed by atoms with Gasteiger partial charge >= 0.3 is 0 Å². The minimum Gasteiger partial charge on any atom is -0.354 e. The average molecular weight is 435 g/mol. The SMILES string of the molecule is Clc1ccc2c(c1)CN(C1CC1)Cc1nnc(N3CC4(CN(c5cnccn5)C4)C3)n1-2. The van der Waals surface area contributed by atoms with Crippen LogP contribution >= 0.6 is 11.6 Å². The van der Waals surface area contributed by atoms with Gasteiger partial charge in [-0.15, -0.1) is 10.2 Å². The van der Waals surface area contributed by atoms with Crippen molar-refractivity contribution in [3.05, 3.63) is 53.2 Å². The molecule has 7 rings (SSSR count). The molecule has 0 amide bonds. The summed E-state index contributed by atoms with van der Waals surface area (Å²) < 4.78 is 2.26. The van der Waals surface area contributed by atoms with Crippen LogP contribution in [0.3, 0.4) is 0 Å². The maximum absolute atomic E-state index is 6.36. The van der Waals surface area contributed by atoms with Crippen molar-refractivity contribution in [2.45, 2.75) is 32.0 Å². The van der Waals surface area contributed by atoms with Crippen LogP contribution in [0.25, 0.3) is 5.69 Å². The molecule has 2 aromatic heterocycles. The van der Waals surface area contributed by atoms with Gasteiger partial charge in [0.25, 0.3) is 0 Å². The summed E-state index contributed by atoms with van der Waals surface area (Å²) in [6.45, 7) is 5.79. The molecule has 1 aromatic carbocycles. The molecule has 2 saturated heterocycles. The lowest BCUT2D eigenvalue weighted by molar-refractivity contribution is 0.153. The smallest absolute Gasteiger partial charge is 0.231 e. The Bertz CT molecular complexity index is 1140. The van der Waals surface area contributed by atoms with Gasteiger partial charge in [0, 0.05) is 61.6 Å². The monoisotopic (exact) mass is 434 g/mol. The zero-order valence-corrected chi connectivity index (χ0v) is 17.9. The summed E-state index contributed by atoms with van der Waals surface area (Å²) in [5, 5.41) is 10.1. The molecule has 4 aliphatic rings. The van der Waals surface area contributed by atoms with E-state index in [1.54, 1.807) is 12.4 Å². The minimum absolute atomic E-state index is 0.317. The highest BCUT2D eigenvalue weighted by Crippen LogP contribution is 2.44. The molecule has 0 radical (unpaired) electrons. The third-order valence-corrected chi connectivity index (χ3v) is 7.27.